The third-order valence-corrected chi connectivity index (χ3v) is 6.61. The quantitative estimate of drug-likeness (QED) is 0.689. The molecule has 1 aliphatic rings. The number of carbonyl (C=O) groups is 1. The maximum Gasteiger partial charge on any atom is 0.244 e. The van der Waals surface area contributed by atoms with Crippen molar-refractivity contribution in [3.63, 3.8) is 0 Å². The number of nitrogens with zero attached hydrogens (tertiary/aromatic N) is 1. The number of benzene rings is 1. The molecule has 0 saturated heterocycles. The molecule has 1 aliphatic carbocycles. The van der Waals surface area contributed by atoms with Crippen molar-refractivity contribution in [3.05, 3.63) is 23.9 Å². The minimum absolute atomic E-state index is 0.0520. The van der Waals surface area contributed by atoms with Crippen LogP contribution in [0.3, 0.4) is 0 Å². The van der Waals surface area contributed by atoms with E-state index in [9.17, 15) is 13.2 Å². The molecular weight excluding hydrogens is 394 g/mol. The zero-order chi connectivity index (χ0) is 21.0. The van der Waals surface area contributed by atoms with Crippen LogP contribution in [0, 0.1) is 6.92 Å². The van der Waals surface area contributed by atoms with Gasteiger partial charge in [0, 0.05) is 13.0 Å². The first-order chi connectivity index (χ1) is 13.8. The fourth-order valence-electron chi connectivity index (χ4n) is 3.68. The summed E-state index contributed by atoms with van der Waals surface area (Å²) in [6.45, 7) is 3.09. The summed E-state index contributed by atoms with van der Waals surface area (Å²) in [5.74, 6) is 0.129. The van der Waals surface area contributed by atoms with E-state index in [4.69, 9.17) is 9.26 Å². The molecule has 1 saturated carbocycles. The minimum Gasteiger partial charge on any atom is -0.495 e. The minimum atomic E-state index is -3.79. The number of rotatable bonds is 6. The molecule has 0 atom stereocenters. The SMILES string of the molecule is COc1ccc(-c2c(C)noc2NC(C)=O)cc1S(=O)(=O)NC1CCCCCC1. The molecule has 158 valence electrons. The molecule has 29 heavy (non-hydrogen) atoms. The summed E-state index contributed by atoms with van der Waals surface area (Å²) in [6.07, 6.45) is 5.97. The Morgan fingerprint density at radius 3 is 2.52 bits per heavy atom. The van der Waals surface area contributed by atoms with E-state index in [1.165, 1.54) is 20.1 Å². The number of carbonyl (C=O) groups excluding carboxylic acids is 1. The van der Waals surface area contributed by atoms with Crippen molar-refractivity contribution < 1.29 is 22.5 Å². The molecule has 0 bridgehead atoms. The molecule has 1 fully saturated rings. The molecular formula is C20H27N3O5S. The molecule has 1 heterocycles. The van der Waals surface area contributed by atoms with E-state index < -0.39 is 10.0 Å². The van der Waals surface area contributed by atoms with Crippen molar-refractivity contribution in [1.29, 1.82) is 0 Å². The molecule has 2 aromatic rings. The van der Waals surface area contributed by atoms with Gasteiger partial charge in [-0.2, -0.15) is 0 Å². The summed E-state index contributed by atoms with van der Waals surface area (Å²) < 4.78 is 39.7. The Morgan fingerprint density at radius 1 is 1.21 bits per heavy atom. The smallest absolute Gasteiger partial charge is 0.244 e. The molecule has 9 heteroatoms. The number of aryl methyl sites for hydroxylation is 1. The van der Waals surface area contributed by atoms with Crippen molar-refractivity contribution in [2.24, 2.45) is 0 Å². The van der Waals surface area contributed by atoms with Gasteiger partial charge in [0.2, 0.25) is 21.8 Å². The zero-order valence-electron chi connectivity index (χ0n) is 16.9. The second-order valence-corrected chi connectivity index (χ2v) is 9.01. The van der Waals surface area contributed by atoms with Crippen LogP contribution < -0.4 is 14.8 Å². The first-order valence-electron chi connectivity index (χ1n) is 9.76. The molecule has 8 nitrogen and oxygen atoms in total. The van der Waals surface area contributed by atoms with Gasteiger partial charge in [-0.3, -0.25) is 10.1 Å². The van der Waals surface area contributed by atoms with E-state index in [-0.39, 0.29) is 28.5 Å². The number of hydrogen-bond acceptors (Lipinski definition) is 6. The third-order valence-electron chi connectivity index (χ3n) is 5.07. The largest absolute Gasteiger partial charge is 0.495 e. The summed E-state index contributed by atoms with van der Waals surface area (Å²) in [7, 11) is -2.36. The maximum absolute atomic E-state index is 13.2. The second-order valence-electron chi connectivity index (χ2n) is 7.33. The van der Waals surface area contributed by atoms with Crippen LogP contribution in [0.1, 0.15) is 51.1 Å². The van der Waals surface area contributed by atoms with Crippen molar-refractivity contribution >= 4 is 21.8 Å². The van der Waals surface area contributed by atoms with Crippen LogP contribution in [0.4, 0.5) is 5.88 Å². The van der Waals surface area contributed by atoms with Gasteiger partial charge in [-0.15, -0.1) is 0 Å². The Kier molecular flexibility index (Phi) is 6.59. The lowest BCUT2D eigenvalue weighted by atomic mass is 10.1. The lowest BCUT2D eigenvalue weighted by Gasteiger charge is -2.18. The highest BCUT2D eigenvalue weighted by molar-refractivity contribution is 7.89. The molecule has 2 N–H and O–H groups in total. The summed E-state index contributed by atoms with van der Waals surface area (Å²) in [6, 6.07) is 4.76. The Balaban J connectivity index is 1.99. The second kappa shape index (κ2) is 8.96. The molecule has 0 radical (unpaired) electrons. The monoisotopic (exact) mass is 421 g/mol. The summed E-state index contributed by atoms with van der Waals surface area (Å²) in [5, 5.41) is 6.49. The van der Waals surface area contributed by atoms with Gasteiger partial charge >= 0.3 is 0 Å². The van der Waals surface area contributed by atoms with Crippen LogP contribution in [0.25, 0.3) is 11.1 Å². The van der Waals surface area contributed by atoms with Crippen molar-refractivity contribution in [3.8, 4) is 16.9 Å². The number of methoxy groups -OCH3 is 1. The lowest BCUT2D eigenvalue weighted by Crippen LogP contribution is -2.34. The predicted molar refractivity (Wildman–Crippen MR) is 109 cm³/mol. The molecule has 1 aromatic carbocycles. The first kappa shape index (κ1) is 21.3. The van der Waals surface area contributed by atoms with E-state index in [2.05, 4.69) is 15.2 Å². The number of aromatic nitrogens is 1. The van der Waals surface area contributed by atoms with Gasteiger partial charge in [0.1, 0.15) is 10.6 Å². The van der Waals surface area contributed by atoms with Crippen molar-refractivity contribution in [2.75, 3.05) is 12.4 Å². The summed E-state index contributed by atoms with van der Waals surface area (Å²) in [4.78, 5) is 11.5. The highest BCUT2D eigenvalue weighted by Crippen LogP contribution is 2.36. The molecule has 0 aliphatic heterocycles. The molecule has 3 rings (SSSR count). The Morgan fingerprint density at radius 2 is 1.90 bits per heavy atom. The van der Waals surface area contributed by atoms with Crippen LogP contribution in [0.5, 0.6) is 5.75 Å². The number of nitrogens with one attached hydrogen (secondary N) is 2. The third kappa shape index (κ3) is 4.97. The van der Waals surface area contributed by atoms with Gasteiger partial charge < -0.3 is 9.26 Å². The van der Waals surface area contributed by atoms with E-state index in [1.54, 1.807) is 19.1 Å². The molecule has 0 spiro atoms. The normalized spacial score (nSPS) is 15.7. The first-order valence-corrected chi connectivity index (χ1v) is 11.2. The van der Waals surface area contributed by atoms with Gasteiger partial charge in [0.15, 0.2) is 0 Å². The number of amides is 1. The van der Waals surface area contributed by atoms with Crippen LogP contribution in [0.2, 0.25) is 0 Å². The van der Waals surface area contributed by atoms with E-state index in [1.807, 2.05) is 0 Å². The fourth-order valence-corrected chi connectivity index (χ4v) is 5.18. The van der Waals surface area contributed by atoms with Gasteiger partial charge in [0.25, 0.3) is 0 Å². The van der Waals surface area contributed by atoms with E-state index in [0.717, 1.165) is 38.5 Å². The van der Waals surface area contributed by atoms with Crippen molar-refractivity contribution in [1.82, 2.24) is 9.88 Å². The number of ether oxygens (including phenoxy) is 1. The average molecular weight is 422 g/mol. The maximum atomic E-state index is 13.2. The van der Waals surface area contributed by atoms with Gasteiger partial charge in [0.05, 0.1) is 18.4 Å². The molecule has 1 aromatic heterocycles. The zero-order valence-corrected chi connectivity index (χ0v) is 17.8. The van der Waals surface area contributed by atoms with Gasteiger partial charge in [-0.1, -0.05) is 36.9 Å². The number of hydrogen-bond donors (Lipinski definition) is 2. The summed E-state index contributed by atoms with van der Waals surface area (Å²) in [5.41, 5.74) is 1.64. The van der Waals surface area contributed by atoms with Crippen LogP contribution >= 0.6 is 0 Å². The Bertz CT molecular complexity index is 976. The van der Waals surface area contributed by atoms with Crippen LogP contribution in [-0.4, -0.2) is 32.6 Å². The Hall–Kier alpha value is -2.39. The van der Waals surface area contributed by atoms with Gasteiger partial charge in [-0.05, 0) is 37.5 Å². The highest BCUT2D eigenvalue weighted by atomic mass is 32.2. The summed E-state index contributed by atoms with van der Waals surface area (Å²) >= 11 is 0. The molecule has 0 unspecified atom stereocenters. The Labute approximate surface area is 171 Å². The van der Waals surface area contributed by atoms with Gasteiger partial charge in [-0.25, -0.2) is 13.1 Å². The number of sulfonamides is 1. The average Bonchev–Trinajstić information content (AvgIpc) is 2.86. The van der Waals surface area contributed by atoms with Crippen LogP contribution in [-0.2, 0) is 14.8 Å². The molecule has 1 amide bonds. The lowest BCUT2D eigenvalue weighted by molar-refractivity contribution is -0.114. The standard InChI is InChI=1S/C20H27N3O5S/c1-13-19(20(28-22-13)21-14(2)24)15-10-11-17(27-3)18(12-15)29(25,26)23-16-8-6-4-5-7-9-16/h10-12,16,23H,4-9H2,1-3H3,(H,21,24). The van der Waals surface area contributed by atoms with Crippen LogP contribution in [0.15, 0.2) is 27.6 Å². The van der Waals surface area contributed by atoms with E-state index >= 15 is 0 Å². The van der Waals surface area contributed by atoms with E-state index in [0.29, 0.717) is 16.8 Å². The van der Waals surface area contributed by atoms with Crippen molar-refractivity contribution in [2.45, 2.75) is 63.3 Å². The number of anilines is 1. The highest BCUT2D eigenvalue weighted by Gasteiger charge is 2.26. The predicted octanol–water partition coefficient (Wildman–Crippen LogP) is 3.62. The fraction of sp³-hybridized carbons (Fsp3) is 0.500. The topological polar surface area (TPSA) is 111 Å².